The Bertz CT molecular complexity index is 272. The molecule has 0 aromatic heterocycles. The lowest BCUT2D eigenvalue weighted by molar-refractivity contribution is -0.132. The van der Waals surface area contributed by atoms with E-state index in [0.29, 0.717) is 25.5 Å². The van der Waals surface area contributed by atoms with Crippen molar-refractivity contribution in [3.8, 4) is 0 Å². The van der Waals surface area contributed by atoms with Gasteiger partial charge in [0.15, 0.2) is 0 Å². The summed E-state index contributed by atoms with van der Waals surface area (Å²) in [5, 5.41) is 2.20. The molecule has 0 spiro atoms. The molecule has 13 heavy (non-hydrogen) atoms. The van der Waals surface area contributed by atoms with E-state index in [0.717, 1.165) is 0 Å². The van der Waals surface area contributed by atoms with Gasteiger partial charge in [-0.05, 0) is 6.42 Å². The monoisotopic (exact) mass is 209 g/mol. The largest absolute Gasteiger partial charge is 0.296 e. The van der Waals surface area contributed by atoms with Crippen molar-refractivity contribution in [1.82, 2.24) is 5.32 Å². The van der Waals surface area contributed by atoms with Gasteiger partial charge in [0.25, 0.3) is 10.1 Å². The predicted octanol–water partition coefficient (Wildman–Crippen LogP) is -0.683. The number of piperidine rings is 1. The number of carbonyl (C=O) groups excluding carboxylic acids is 2. The summed E-state index contributed by atoms with van der Waals surface area (Å²) in [5.41, 5.74) is 0. The normalized spacial score (nSPS) is 17.1. The fourth-order valence-corrected chi connectivity index (χ4v) is 0.690. The van der Waals surface area contributed by atoms with Gasteiger partial charge in [-0.1, -0.05) is 0 Å². The second-order valence-corrected chi connectivity index (χ2v) is 4.02. The van der Waals surface area contributed by atoms with E-state index in [1.807, 2.05) is 0 Å². The highest BCUT2D eigenvalue weighted by Crippen LogP contribution is 2.00. The number of hydrogen-bond donors (Lipinski definition) is 2. The first kappa shape index (κ1) is 12.0. The quantitative estimate of drug-likeness (QED) is 0.406. The predicted molar refractivity (Wildman–Crippen MR) is 44.5 cm³/mol. The van der Waals surface area contributed by atoms with Crippen LogP contribution in [0, 0.1) is 0 Å². The molecular formula is C6H11NO5S. The van der Waals surface area contributed by atoms with E-state index < -0.39 is 10.1 Å². The summed E-state index contributed by atoms with van der Waals surface area (Å²) in [4.78, 5) is 20.7. The minimum absolute atomic E-state index is 0.138. The molecule has 0 bridgehead atoms. The number of rotatable bonds is 0. The van der Waals surface area contributed by atoms with Gasteiger partial charge in [-0.25, -0.2) is 0 Å². The van der Waals surface area contributed by atoms with Crippen LogP contribution in [-0.2, 0) is 19.7 Å². The zero-order valence-corrected chi connectivity index (χ0v) is 7.93. The highest BCUT2D eigenvalue weighted by Gasteiger charge is 2.12. The molecule has 1 rings (SSSR count). The van der Waals surface area contributed by atoms with Gasteiger partial charge < -0.3 is 0 Å². The smallest absolute Gasteiger partial charge is 0.261 e. The molecule has 76 valence electrons. The molecule has 2 N–H and O–H groups in total. The minimum atomic E-state index is -3.67. The van der Waals surface area contributed by atoms with Crippen LogP contribution < -0.4 is 5.32 Å². The van der Waals surface area contributed by atoms with E-state index in [1.165, 1.54) is 0 Å². The average Bonchev–Trinajstić information content (AvgIpc) is 1.81. The maximum Gasteiger partial charge on any atom is 0.261 e. The molecule has 1 aliphatic rings. The van der Waals surface area contributed by atoms with Crippen LogP contribution in [-0.4, -0.2) is 31.0 Å². The van der Waals surface area contributed by atoms with Crippen LogP contribution in [0.3, 0.4) is 0 Å². The van der Waals surface area contributed by atoms with Crippen molar-refractivity contribution in [2.75, 3.05) is 6.26 Å². The third-order valence-corrected chi connectivity index (χ3v) is 1.09. The summed E-state index contributed by atoms with van der Waals surface area (Å²) in [6.07, 6.45) is 2.44. The van der Waals surface area contributed by atoms with Crippen LogP contribution in [0.2, 0.25) is 0 Å². The lowest BCUT2D eigenvalue weighted by atomic mass is 10.1. The molecule has 0 saturated carbocycles. The summed E-state index contributed by atoms with van der Waals surface area (Å²) in [5.74, 6) is -0.275. The van der Waals surface area contributed by atoms with Gasteiger partial charge in [-0.2, -0.15) is 8.42 Å². The lowest BCUT2D eigenvalue weighted by Crippen LogP contribution is -2.33. The molecule has 1 heterocycles. The Hall–Kier alpha value is -0.950. The van der Waals surface area contributed by atoms with Gasteiger partial charge in [0.2, 0.25) is 11.8 Å². The number of amides is 2. The molecule has 1 aliphatic heterocycles. The molecule has 1 fully saturated rings. The second-order valence-electron chi connectivity index (χ2n) is 2.56. The van der Waals surface area contributed by atoms with Crippen molar-refractivity contribution >= 4 is 21.9 Å². The van der Waals surface area contributed by atoms with E-state index in [2.05, 4.69) is 5.32 Å². The second kappa shape index (κ2) is 4.93. The van der Waals surface area contributed by atoms with Crippen molar-refractivity contribution < 1.29 is 22.6 Å². The summed E-state index contributed by atoms with van der Waals surface area (Å²) < 4.78 is 25.9. The third kappa shape index (κ3) is 11.0. The van der Waals surface area contributed by atoms with E-state index >= 15 is 0 Å². The Kier molecular flexibility index (Phi) is 4.57. The Morgan fingerprint density at radius 3 is 1.69 bits per heavy atom. The minimum Gasteiger partial charge on any atom is -0.296 e. The van der Waals surface area contributed by atoms with Gasteiger partial charge in [0, 0.05) is 12.8 Å². The fourth-order valence-electron chi connectivity index (χ4n) is 0.690. The van der Waals surface area contributed by atoms with Crippen molar-refractivity contribution in [3.63, 3.8) is 0 Å². The van der Waals surface area contributed by atoms with Crippen molar-refractivity contribution in [1.29, 1.82) is 0 Å². The molecule has 0 unspecified atom stereocenters. The number of hydrogen-bond acceptors (Lipinski definition) is 4. The van der Waals surface area contributed by atoms with E-state index in [1.54, 1.807) is 0 Å². The molecule has 2 amide bonds. The molecule has 0 aromatic carbocycles. The third-order valence-electron chi connectivity index (χ3n) is 1.09. The van der Waals surface area contributed by atoms with Crippen LogP contribution in [0.15, 0.2) is 0 Å². The Morgan fingerprint density at radius 2 is 1.54 bits per heavy atom. The van der Waals surface area contributed by atoms with Crippen molar-refractivity contribution in [3.05, 3.63) is 0 Å². The standard InChI is InChI=1S/C5H7NO2.CH4O3S/c7-4-2-1-3-5(8)6-4;1-5(2,3)4/h1-3H2,(H,6,7,8);1H3,(H,2,3,4). The van der Waals surface area contributed by atoms with E-state index in [9.17, 15) is 18.0 Å². The highest BCUT2D eigenvalue weighted by molar-refractivity contribution is 7.85. The van der Waals surface area contributed by atoms with Gasteiger partial charge in [0.1, 0.15) is 0 Å². The van der Waals surface area contributed by atoms with Gasteiger partial charge >= 0.3 is 0 Å². The maximum absolute atomic E-state index is 10.3. The van der Waals surface area contributed by atoms with E-state index in [4.69, 9.17) is 4.55 Å². The summed E-state index contributed by atoms with van der Waals surface area (Å²) in [6.45, 7) is 0. The molecule has 0 aromatic rings. The lowest BCUT2D eigenvalue weighted by Gasteiger charge is -2.07. The van der Waals surface area contributed by atoms with Gasteiger partial charge in [-0.15, -0.1) is 0 Å². The first-order valence-corrected chi connectivity index (χ1v) is 5.39. The van der Waals surface area contributed by atoms with Crippen molar-refractivity contribution in [2.24, 2.45) is 0 Å². The zero-order chi connectivity index (χ0) is 10.5. The fraction of sp³-hybridized carbons (Fsp3) is 0.667. The Balaban J connectivity index is 0.000000252. The average molecular weight is 209 g/mol. The van der Waals surface area contributed by atoms with Crippen LogP contribution in [0.1, 0.15) is 19.3 Å². The Morgan fingerprint density at radius 1 is 1.23 bits per heavy atom. The first-order chi connectivity index (χ1) is 5.79. The zero-order valence-electron chi connectivity index (χ0n) is 7.11. The SMILES string of the molecule is CS(=O)(=O)O.O=C1CCCC(=O)N1. The summed E-state index contributed by atoms with van der Waals surface area (Å²) in [6, 6.07) is 0. The molecule has 0 radical (unpaired) electrons. The number of imide groups is 1. The van der Waals surface area contributed by atoms with Gasteiger partial charge in [0.05, 0.1) is 6.26 Å². The van der Waals surface area contributed by atoms with Crippen LogP contribution in [0.4, 0.5) is 0 Å². The van der Waals surface area contributed by atoms with Crippen molar-refractivity contribution in [2.45, 2.75) is 19.3 Å². The molecular weight excluding hydrogens is 198 g/mol. The highest BCUT2D eigenvalue weighted by atomic mass is 32.2. The summed E-state index contributed by atoms with van der Waals surface area (Å²) >= 11 is 0. The molecule has 0 aliphatic carbocycles. The van der Waals surface area contributed by atoms with Crippen LogP contribution in [0.25, 0.3) is 0 Å². The van der Waals surface area contributed by atoms with Crippen LogP contribution >= 0.6 is 0 Å². The van der Waals surface area contributed by atoms with Crippen LogP contribution in [0.5, 0.6) is 0 Å². The maximum atomic E-state index is 10.3. The molecule has 7 heteroatoms. The summed E-state index contributed by atoms with van der Waals surface area (Å²) in [7, 11) is -3.67. The topological polar surface area (TPSA) is 101 Å². The molecule has 6 nitrogen and oxygen atoms in total. The van der Waals surface area contributed by atoms with E-state index in [-0.39, 0.29) is 11.8 Å². The molecule has 1 saturated heterocycles. The van der Waals surface area contributed by atoms with Gasteiger partial charge in [-0.3, -0.25) is 19.5 Å². The molecule has 0 atom stereocenters. The number of nitrogens with one attached hydrogen (secondary N) is 1. The number of carbonyl (C=O) groups is 2. The first-order valence-electron chi connectivity index (χ1n) is 3.54. The Labute approximate surface area is 76.1 Å².